The molecule has 100 valence electrons. The Bertz CT molecular complexity index is 460. The number of halogens is 2. The van der Waals surface area contributed by atoms with Gasteiger partial charge in [0.1, 0.15) is 17.2 Å². The summed E-state index contributed by atoms with van der Waals surface area (Å²) >= 11 is 0. The van der Waals surface area contributed by atoms with Crippen molar-refractivity contribution in [1.82, 2.24) is 0 Å². The number of hydrogen-bond donors (Lipinski definition) is 0. The van der Waals surface area contributed by atoms with E-state index in [0.717, 1.165) is 18.2 Å². The lowest BCUT2D eigenvalue weighted by molar-refractivity contribution is 0.0993. The van der Waals surface area contributed by atoms with Gasteiger partial charge in [-0.2, -0.15) is 0 Å². The maximum absolute atomic E-state index is 13.4. The van der Waals surface area contributed by atoms with Gasteiger partial charge < -0.3 is 9.05 Å². The van der Waals surface area contributed by atoms with E-state index in [0.29, 0.717) is 0 Å². The Labute approximate surface area is 103 Å². The second-order valence-electron chi connectivity index (χ2n) is 3.23. The van der Waals surface area contributed by atoms with Crippen LogP contribution in [-0.4, -0.2) is 18.7 Å². The van der Waals surface area contributed by atoms with Crippen LogP contribution in [0.5, 0.6) is 0 Å². The van der Waals surface area contributed by atoms with Crippen LogP contribution in [0.25, 0.3) is 0 Å². The van der Waals surface area contributed by atoms with E-state index in [1.54, 1.807) is 0 Å². The summed E-state index contributed by atoms with van der Waals surface area (Å²) in [4.78, 5) is 11.9. The van der Waals surface area contributed by atoms with Gasteiger partial charge in [0.25, 0.3) is 5.52 Å². The molecular formula is C11H13F2O4P. The highest BCUT2D eigenvalue weighted by molar-refractivity contribution is 7.72. The molecule has 0 radical (unpaired) electrons. The molecule has 7 heteroatoms. The summed E-state index contributed by atoms with van der Waals surface area (Å²) in [5.74, 6) is -2.20. The number of carbonyl (C=O) groups is 1. The van der Waals surface area contributed by atoms with Crippen LogP contribution in [0, 0.1) is 11.6 Å². The summed E-state index contributed by atoms with van der Waals surface area (Å²) in [6, 6.07) is 2.91. The third-order valence-electron chi connectivity index (χ3n) is 2.02. The summed E-state index contributed by atoms with van der Waals surface area (Å²) in [7, 11) is -4.21. The van der Waals surface area contributed by atoms with E-state index >= 15 is 0 Å². The zero-order valence-corrected chi connectivity index (χ0v) is 10.9. The molecule has 0 atom stereocenters. The number of hydrogen-bond acceptors (Lipinski definition) is 4. The molecule has 0 saturated heterocycles. The van der Waals surface area contributed by atoms with Gasteiger partial charge in [0.15, 0.2) is 0 Å². The minimum atomic E-state index is -4.21. The zero-order chi connectivity index (χ0) is 13.8. The molecule has 0 bridgehead atoms. The number of rotatable bonds is 6. The van der Waals surface area contributed by atoms with Gasteiger partial charge >= 0.3 is 7.60 Å². The fourth-order valence-corrected chi connectivity index (χ4v) is 2.81. The Kier molecular flexibility index (Phi) is 5.14. The summed E-state index contributed by atoms with van der Waals surface area (Å²) in [5.41, 5.74) is -2.20. The first-order valence-corrected chi connectivity index (χ1v) is 6.88. The first-order chi connectivity index (χ1) is 8.46. The molecular weight excluding hydrogens is 265 g/mol. The topological polar surface area (TPSA) is 52.6 Å². The lowest BCUT2D eigenvalue weighted by Crippen LogP contribution is -2.11. The molecule has 0 N–H and O–H groups in total. The van der Waals surface area contributed by atoms with Gasteiger partial charge in [-0.25, -0.2) is 8.78 Å². The lowest BCUT2D eigenvalue weighted by Gasteiger charge is -2.15. The summed E-state index contributed by atoms with van der Waals surface area (Å²) in [5, 5.41) is 0. The van der Waals surface area contributed by atoms with E-state index in [-0.39, 0.29) is 13.2 Å². The highest BCUT2D eigenvalue weighted by Gasteiger charge is 2.38. The van der Waals surface area contributed by atoms with Gasteiger partial charge in [0.2, 0.25) is 0 Å². The number of carbonyl (C=O) groups excluding carboxylic acids is 1. The van der Waals surface area contributed by atoms with Gasteiger partial charge in [-0.15, -0.1) is 0 Å². The van der Waals surface area contributed by atoms with Crippen LogP contribution < -0.4 is 0 Å². The number of benzene rings is 1. The molecule has 0 saturated carbocycles. The van der Waals surface area contributed by atoms with Crippen molar-refractivity contribution in [3.63, 3.8) is 0 Å². The van der Waals surface area contributed by atoms with Gasteiger partial charge in [0.05, 0.1) is 13.2 Å². The largest absolute Gasteiger partial charge is 0.401 e. The predicted molar refractivity (Wildman–Crippen MR) is 61.5 cm³/mol. The maximum Gasteiger partial charge on any atom is 0.401 e. The molecule has 0 fully saturated rings. The van der Waals surface area contributed by atoms with Crippen LogP contribution in [0.4, 0.5) is 8.78 Å². The molecule has 4 nitrogen and oxygen atoms in total. The monoisotopic (exact) mass is 278 g/mol. The summed E-state index contributed by atoms with van der Waals surface area (Å²) in [6.07, 6.45) is 0. The molecule has 0 heterocycles. The summed E-state index contributed by atoms with van der Waals surface area (Å²) in [6.45, 7) is 2.85. The van der Waals surface area contributed by atoms with E-state index in [1.165, 1.54) is 13.8 Å². The van der Waals surface area contributed by atoms with Gasteiger partial charge in [-0.3, -0.25) is 9.36 Å². The van der Waals surface area contributed by atoms with Crippen molar-refractivity contribution in [2.45, 2.75) is 13.8 Å². The highest BCUT2D eigenvalue weighted by atomic mass is 31.2. The van der Waals surface area contributed by atoms with Crippen LogP contribution in [0.3, 0.4) is 0 Å². The second kappa shape index (κ2) is 6.18. The van der Waals surface area contributed by atoms with Gasteiger partial charge in [-0.05, 0) is 26.0 Å². The first-order valence-electron chi connectivity index (χ1n) is 5.34. The Hall–Kier alpha value is -1.10. The van der Waals surface area contributed by atoms with E-state index in [9.17, 15) is 18.1 Å². The van der Waals surface area contributed by atoms with Crippen molar-refractivity contribution < 1.29 is 27.2 Å². The predicted octanol–water partition coefficient (Wildman–Crippen LogP) is 3.37. The minimum absolute atomic E-state index is 0.0703. The molecule has 0 aliphatic carbocycles. The third kappa shape index (κ3) is 3.02. The van der Waals surface area contributed by atoms with Crippen LogP contribution in [0.15, 0.2) is 18.2 Å². The SMILES string of the molecule is CCOP(=O)(OCC)C(=O)c1c(F)cccc1F. The van der Waals surface area contributed by atoms with Crippen molar-refractivity contribution in [2.24, 2.45) is 0 Å². The van der Waals surface area contributed by atoms with Gasteiger partial charge in [0, 0.05) is 0 Å². The Morgan fingerprint density at radius 2 is 1.61 bits per heavy atom. The summed E-state index contributed by atoms with van der Waals surface area (Å²) < 4.78 is 48.4. The normalized spacial score (nSPS) is 11.6. The van der Waals surface area contributed by atoms with Crippen LogP contribution in [0.1, 0.15) is 24.2 Å². The first kappa shape index (κ1) is 15.0. The molecule has 1 aromatic rings. The van der Waals surface area contributed by atoms with Crippen LogP contribution >= 0.6 is 7.60 Å². The Balaban J connectivity index is 3.22. The smallest absolute Gasteiger partial charge is 0.303 e. The molecule has 0 amide bonds. The Morgan fingerprint density at radius 1 is 1.17 bits per heavy atom. The molecule has 1 aromatic carbocycles. The average molecular weight is 278 g/mol. The lowest BCUT2D eigenvalue weighted by atomic mass is 10.2. The van der Waals surface area contributed by atoms with Crippen LogP contribution in [0.2, 0.25) is 0 Å². The fraction of sp³-hybridized carbons (Fsp3) is 0.364. The van der Waals surface area contributed by atoms with E-state index in [1.807, 2.05) is 0 Å². The van der Waals surface area contributed by atoms with E-state index < -0.39 is 30.3 Å². The molecule has 0 aromatic heterocycles. The van der Waals surface area contributed by atoms with Crippen molar-refractivity contribution in [2.75, 3.05) is 13.2 Å². The average Bonchev–Trinajstić information content (AvgIpc) is 2.29. The van der Waals surface area contributed by atoms with Crippen molar-refractivity contribution in [1.29, 1.82) is 0 Å². The molecule has 0 spiro atoms. The van der Waals surface area contributed by atoms with Crippen LogP contribution in [-0.2, 0) is 13.6 Å². The zero-order valence-electron chi connectivity index (χ0n) is 9.98. The second-order valence-corrected chi connectivity index (χ2v) is 5.15. The molecule has 0 aliphatic heterocycles. The molecule has 18 heavy (non-hydrogen) atoms. The molecule has 0 aliphatic rings. The van der Waals surface area contributed by atoms with Gasteiger partial charge in [-0.1, -0.05) is 6.07 Å². The Morgan fingerprint density at radius 3 is 2.00 bits per heavy atom. The standard InChI is InChI=1S/C11H13F2O4P/c1-3-16-18(15,17-4-2)11(14)10-8(12)6-5-7-9(10)13/h5-7H,3-4H2,1-2H3. The third-order valence-corrected chi connectivity index (χ3v) is 3.94. The van der Waals surface area contributed by atoms with E-state index in [4.69, 9.17) is 9.05 Å². The molecule has 1 rings (SSSR count). The quantitative estimate of drug-likeness (QED) is 0.748. The van der Waals surface area contributed by atoms with E-state index in [2.05, 4.69) is 0 Å². The fourth-order valence-electron chi connectivity index (χ4n) is 1.33. The molecule has 0 unspecified atom stereocenters. The van der Waals surface area contributed by atoms with Crippen molar-refractivity contribution in [3.8, 4) is 0 Å². The van der Waals surface area contributed by atoms with Crippen molar-refractivity contribution >= 4 is 13.1 Å². The minimum Gasteiger partial charge on any atom is -0.303 e. The van der Waals surface area contributed by atoms with Crippen molar-refractivity contribution in [3.05, 3.63) is 35.4 Å². The maximum atomic E-state index is 13.4. The highest BCUT2D eigenvalue weighted by Crippen LogP contribution is 2.51.